The molecule has 0 aliphatic carbocycles. The highest BCUT2D eigenvalue weighted by molar-refractivity contribution is 6.32. The number of hydrogen-bond acceptors (Lipinski definition) is 3. The lowest BCUT2D eigenvalue weighted by atomic mass is 10.3. The molecule has 0 atom stereocenters. The van der Waals surface area contributed by atoms with Gasteiger partial charge in [-0.25, -0.2) is 9.37 Å². The van der Waals surface area contributed by atoms with Gasteiger partial charge < -0.3 is 10.1 Å². The number of anilines is 1. The largest absolute Gasteiger partial charge is 0.483 e. The molecule has 0 saturated carbocycles. The van der Waals surface area contributed by atoms with Crippen LogP contribution in [0.2, 0.25) is 10.0 Å². The third-order valence-electron chi connectivity index (χ3n) is 2.45. The van der Waals surface area contributed by atoms with E-state index in [1.165, 1.54) is 12.1 Å². The number of nitrogens with one attached hydrogen (secondary N) is 1. The Labute approximate surface area is 120 Å². The van der Waals surface area contributed by atoms with Crippen molar-refractivity contribution >= 4 is 29.0 Å². The van der Waals surface area contributed by atoms with Crippen LogP contribution in [0.1, 0.15) is 5.69 Å². The van der Waals surface area contributed by atoms with E-state index in [1.54, 1.807) is 25.2 Å². The summed E-state index contributed by atoms with van der Waals surface area (Å²) in [5, 5.41) is 3.55. The molecule has 0 radical (unpaired) electrons. The van der Waals surface area contributed by atoms with Crippen molar-refractivity contribution in [2.24, 2.45) is 0 Å². The standard InChI is InChI=1S/C13H11Cl2FN2O/c1-17-12-6-5-8(14)11(18-12)7-19-13-9(15)3-2-4-10(13)16/h2-6H,7H2,1H3,(H,17,18). The Morgan fingerprint density at radius 3 is 2.68 bits per heavy atom. The van der Waals surface area contributed by atoms with E-state index in [0.717, 1.165) is 0 Å². The second-order valence-corrected chi connectivity index (χ2v) is 4.53. The van der Waals surface area contributed by atoms with E-state index < -0.39 is 5.82 Å². The van der Waals surface area contributed by atoms with Crippen molar-refractivity contribution in [3.63, 3.8) is 0 Å². The summed E-state index contributed by atoms with van der Waals surface area (Å²) in [7, 11) is 1.74. The monoisotopic (exact) mass is 300 g/mol. The van der Waals surface area contributed by atoms with Crippen molar-refractivity contribution in [1.82, 2.24) is 4.98 Å². The number of hydrogen-bond donors (Lipinski definition) is 1. The lowest BCUT2D eigenvalue weighted by Crippen LogP contribution is -2.03. The van der Waals surface area contributed by atoms with Crippen molar-refractivity contribution in [2.75, 3.05) is 12.4 Å². The average molecular weight is 301 g/mol. The quantitative estimate of drug-likeness (QED) is 0.921. The topological polar surface area (TPSA) is 34.1 Å². The van der Waals surface area contributed by atoms with E-state index in [2.05, 4.69) is 10.3 Å². The van der Waals surface area contributed by atoms with Crippen molar-refractivity contribution < 1.29 is 9.13 Å². The first kappa shape index (κ1) is 13.9. The zero-order chi connectivity index (χ0) is 13.8. The molecule has 3 nitrogen and oxygen atoms in total. The van der Waals surface area contributed by atoms with Crippen LogP contribution in [0.25, 0.3) is 0 Å². The lowest BCUT2D eigenvalue weighted by Gasteiger charge is -2.10. The summed E-state index contributed by atoms with van der Waals surface area (Å²) in [5.74, 6) is 0.132. The van der Waals surface area contributed by atoms with Crippen LogP contribution >= 0.6 is 23.2 Å². The maximum absolute atomic E-state index is 13.5. The van der Waals surface area contributed by atoms with E-state index in [0.29, 0.717) is 16.5 Å². The number of halogens is 3. The number of nitrogens with zero attached hydrogens (tertiary/aromatic N) is 1. The molecule has 0 bridgehead atoms. The molecule has 0 fully saturated rings. The molecule has 0 aliphatic rings. The molecule has 19 heavy (non-hydrogen) atoms. The Morgan fingerprint density at radius 2 is 2.00 bits per heavy atom. The highest BCUT2D eigenvalue weighted by Crippen LogP contribution is 2.28. The smallest absolute Gasteiger partial charge is 0.174 e. The number of ether oxygens (including phenoxy) is 1. The van der Waals surface area contributed by atoms with Crippen molar-refractivity contribution in [3.05, 3.63) is 51.9 Å². The molecular weight excluding hydrogens is 290 g/mol. The van der Waals surface area contributed by atoms with Gasteiger partial charge in [-0.15, -0.1) is 0 Å². The summed E-state index contributed by atoms with van der Waals surface area (Å²) >= 11 is 11.9. The Bertz CT molecular complexity index is 573. The molecule has 2 rings (SSSR count). The van der Waals surface area contributed by atoms with Crippen LogP contribution in [0, 0.1) is 5.82 Å². The zero-order valence-electron chi connectivity index (χ0n) is 10.1. The molecule has 0 saturated heterocycles. The minimum absolute atomic E-state index is 0.00288. The molecule has 1 aromatic heterocycles. The summed E-state index contributed by atoms with van der Waals surface area (Å²) < 4.78 is 18.9. The second kappa shape index (κ2) is 6.08. The summed E-state index contributed by atoms with van der Waals surface area (Å²) in [4.78, 5) is 4.23. The minimum atomic E-state index is -0.520. The normalized spacial score (nSPS) is 10.3. The predicted octanol–water partition coefficient (Wildman–Crippen LogP) is 4.15. The van der Waals surface area contributed by atoms with Gasteiger partial charge in [-0.05, 0) is 24.3 Å². The molecule has 0 unspecified atom stereocenters. The van der Waals surface area contributed by atoms with Crippen LogP contribution in [0.3, 0.4) is 0 Å². The number of rotatable bonds is 4. The first-order chi connectivity index (χ1) is 9.11. The summed E-state index contributed by atoms with van der Waals surface area (Å²) in [5.41, 5.74) is 0.507. The van der Waals surface area contributed by atoms with Gasteiger partial charge in [-0.3, -0.25) is 0 Å². The average Bonchev–Trinajstić information content (AvgIpc) is 2.40. The highest BCUT2D eigenvalue weighted by Gasteiger charge is 2.10. The van der Waals surface area contributed by atoms with E-state index in [-0.39, 0.29) is 17.4 Å². The number of aromatic nitrogens is 1. The lowest BCUT2D eigenvalue weighted by molar-refractivity contribution is 0.286. The van der Waals surface area contributed by atoms with Crippen molar-refractivity contribution in [1.29, 1.82) is 0 Å². The fourth-order valence-electron chi connectivity index (χ4n) is 1.49. The number of pyridine rings is 1. The fraction of sp³-hybridized carbons (Fsp3) is 0.154. The van der Waals surface area contributed by atoms with Crippen molar-refractivity contribution in [3.8, 4) is 5.75 Å². The van der Waals surface area contributed by atoms with Gasteiger partial charge in [-0.2, -0.15) is 0 Å². The van der Waals surface area contributed by atoms with Crippen LogP contribution in [0.15, 0.2) is 30.3 Å². The van der Waals surface area contributed by atoms with Gasteiger partial charge in [-0.1, -0.05) is 29.3 Å². The van der Waals surface area contributed by atoms with Gasteiger partial charge >= 0.3 is 0 Å². The fourth-order valence-corrected chi connectivity index (χ4v) is 1.86. The Hall–Kier alpha value is -1.52. The molecule has 1 aromatic carbocycles. The van der Waals surface area contributed by atoms with E-state index in [4.69, 9.17) is 27.9 Å². The van der Waals surface area contributed by atoms with Gasteiger partial charge in [0.2, 0.25) is 0 Å². The number of benzene rings is 1. The van der Waals surface area contributed by atoms with Crippen LogP contribution in [-0.4, -0.2) is 12.0 Å². The molecule has 0 amide bonds. The molecule has 1 heterocycles. The van der Waals surface area contributed by atoms with Crippen LogP contribution in [0.4, 0.5) is 10.2 Å². The van der Waals surface area contributed by atoms with Crippen LogP contribution in [0.5, 0.6) is 5.75 Å². The minimum Gasteiger partial charge on any atom is -0.483 e. The molecular formula is C13H11Cl2FN2O. The molecule has 0 aliphatic heterocycles. The van der Waals surface area contributed by atoms with E-state index in [9.17, 15) is 4.39 Å². The van der Waals surface area contributed by atoms with E-state index >= 15 is 0 Å². The first-order valence-corrected chi connectivity index (χ1v) is 6.27. The van der Waals surface area contributed by atoms with Crippen LogP contribution < -0.4 is 10.1 Å². The molecule has 0 spiro atoms. The Kier molecular flexibility index (Phi) is 4.45. The second-order valence-electron chi connectivity index (χ2n) is 3.71. The Morgan fingerprint density at radius 1 is 1.21 bits per heavy atom. The molecule has 100 valence electrons. The van der Waals surface area contributed by atoms with Crippen LogP contribution in [-0.2, 0) is 6.61 Å². The van der Waals surface area contributed by atoms with E-state index in [1.807, 2.05) is 0 Å². The Balaban J connectivity index is 2.19. The summed E-state index contributed by atoms with van der Waals surface area (Å²) in [6.07, 6.45) is 0. The first-order valence-electron chi connectivity index (χ1n) is 5.52. The SMILES string of the molecule is CNc1ccc(Cl)c(COc2c(F)cccc2Cl)n1. The molecule has 2 aromatic rings. The summed E-state index contributed by atoms with van der Waals surface area (Å²) in [6.45, 7) is 0.0367. The third kappa shape index (κ3) is 3.28. The van der Waals surface area contributed by atoms with Gasteiger partial charge in [0.15, 0.2) is 11.6 Å². The molecule has 1 N–H and O–H groups in total. The van der Waals surface area contributed by atoms with Gasteiger partial charge in [0.05, 0.1) is 15.7 Å². The molecule has 6 heteroatoms. The maximum Gasteiger partial charge on any atom is 0.174 e. The third-order valence-corrected chi connectivity index (χ3v) is 3.09. The maximum atomic E-state index is 13.5. The summed E-state index contributed by atoms with van der Waals surface area (Å²) in [6, 6.07) is 7.78. The number of para-hydroxylation sites is 1. The van der Waals surface area contributed by atoms with Gasteiger partial charge in [0.1, 0.15) is 12.4 Å². The van der Waals surface area contributed by atoms with Gasteiger partial charge in [0, 0.05) is 7.05 Å². The van der Waals surface area contributed by atoms with Crippen molar-refractivity contribution in [2.45, 2.75) is 6.61 Å². The predicted molar refractivity (Wildman–Crippen MR) is 74.5 cm³/mol. The van der Waals surface area contributed by atoms with Gasteiger partial charge in [0.25, 0.3) is 0 Å². The zero-order valence-corrected chi connectivity index (χ0v) is 11.6. The highest BCUT2D eigenvalue weighted by atomic mass is 35.5.